The maximum atomic E-state index is 9.85. The summed E-state index contributed by atoms with van der Waals surface area (Å²) < 4.78 is 2.02. The Balaban J connectivity index is 1.60. The van der Waals surface area contributed by atoms with Gasteiger partial charge in [-0.1, -0.05) is 6.92 Å². The van der Waals surface area contributed by atoms with Crippen LogP contribution in [0.3, 0.4) is 0 Å². The number of aromatic nitrogens is 5. The second-order valence-corrected chi connectivity index (χ2v) is 7.88. The van der Waals surface area contributed by atoms with Crippen LogP contribution in [0.1, 0.15) is 50.8 Å². The Bertz CT molecular complexity index is 1030. The highest BCUT2D eigenvalue weighted by Crippen LogP contribution is 2.36. The predicted octanol–water partition coefficient (Wildman–Crippen LogP) is 2.69. The molecule has 2 saturated carbocycles. The molecule has 0 aliphatic heterocycles. The molecule has 2 aliphatic rings. The first-order valence-electron chi connectivity index (χ1n) is 10.1. The lowest BCUT2D eigenvalue weighted by atomic mass is 10.1. The number of hydrogen-bond acceptors (Lipinski definition) is 7. The van der Waals surface area contributed by atoms with Gasteiger partial charge in [0.25, 0.3) is 0 Å². The number of aliphatic hydroxyl groups is 1. The fraction of sp³-hybridized carbons (Fsp3) is 0.500. The number of nitrogens with two attached hydrogens (primary N) is 1. The summed E-state index contributed by atoms with van der Waals surface area (Å²) >= 11 is 0. The maximum Gasteiger partial charge on any atom is 0.151 e. The van der Waals surface area contributed by atoms with E-state index in [0.29, 0.717) is 17.4 Å². The van der Waals surface area contributed by atoms with Gasteiger partial charge in [0.2, 0.25) is 0 Å². The van der Waals surface area contributed by atoms with Gasteiger partial charge in [0, 0.05) is 29.6 Å². The predicted molar refractivity (Wildman–Crippen MR) is 108 cm³/mol. The highest BCUT2D eigenvalue weighted by molar-refractivity contribution is 5.96. The third-order valence-electron chi connectivity index (χ3n) is 5.71. The van der Waals surface area contributed by atoms with Crippen LogP contribution in [-0.2, 0) is 6.42 Å². The van der Waals surface area contributed by atoms with Gasteiger partial charge in [-0.2, -0.15) is 5.10 Å². The number of nitrogens with one attached hydrogen (secondary N) is 1. The highest BCUT2D eigenvalue weighted by Gasteiger charge is 2.26. The van der Waals surface area contributed by atoms with Crippen molar-refractivity contribution in [3.8, 4) is 11.1 Å². The molecule has 3 heterocycles. The molecule has 0 spiro atoms. The van der Waals surface area contributed by atoms with Crippen molar-refractivity contribution in [2.24, 2.45) is 0 Å². The molecule has 0 unspecified atom stereocenters. The minimum absolute atomic E-state index is 0.215. The summed E-state index contributed by atoms with van der Waals surface area (Å²) in [6, 6.07) is 0.734. The van der Waals surface area contributed by atoms with Gasteiger partial charge in [0.1, 0.15) is 16.9 Å². The first-order valence-corrected chi connectivity index (χ1v) is 10.1. The van der Waals surface area contributed by atoms with Gasteiger partial charge in [0.05, 0.1) is 24.0 Å². The minimum atomic E-state index is -0.236. The average Bonchev–Trinajstić information content (AvgIpc) is 3.29. The molecule has 0 amide bonds. The quantitative estimate of drug-likeness (QED) is 0.624. The van der Waals surface area contributed by atoms with Crippen LogP contribution in [0.25, 0.3) is 22.2 Å². The summed E-state index contributed by atoms with van der Waals surface area (Å²) in [5.74, 6) is 1.16. The molecule has 146 valence electrons. The van der Waals surface area contributed by atoms with E-state index in [1.54, 1.807) is 6.20 Å². The Morgan fingerprint density at radius 1 is 1.18 bits per heavy atom. The number of pyridine rings is 1. The molecule has 2 aliphatic carbocycles. The molecular weight excluding hydrogens is 354 g/mol. The van der Waals surface area contributed by atoms with Crippen LogP contribution in [-0.4, -0.2) is 42.0 Å². The Morgan fingerprint density at radius 3 is 2.75 bits per heavy atom. The van der Waals surface area contributed by atoms with E-state index in [1.807, 2.05) is 10.9 Å². The summed E-state index contributed by atoms with van der Waals surface area (Å²) in [6.07, 6.45) is 11.0. The SMILES string of the molecule is CCc1nc2c(N)ncc(-c3cnn(C4CC4)c3)c2nc1N[C@@H]1CC[C@H](O)C1. The summed E-state index contributed by atoms with van der Waals surface area (Å²) in [5, 5.41) is 17.8. The molecule has 0 saturated heterocycles. The second kappa shape index (κ2) is 6.70. The van der Waals surface area contributed by atoms with Crippen molar-refractivity contribution >= 4 is 22.7 Å². The molecule has 5 rings (SSSR count). The van der Waals surface area contributed by atoms with E-state index in [0.717, 1.165) is 53.8 Å². The lowest BCUT2D eigenvalue weighted by Crippen LogP contribution is -2.19. The fourth-order valence-electron chi connectivity index (χ4n) is 3.96. The van der Waals surface area contributed by atoms with Crippen molar-refractivity contribution in [1.29, 1.82) is 0 Å². The van der Waals surface area contributed by atoms with Crippen LogP contribution in [0.15, 0.2) is 18.6 Å². The normalized spacial score (nSPS) is 22.1. The highest BCUT2D eigenvalue weighted by atomic mass is 16.3. The topological polar surface area (TPSA) is 115 Å². The Labute approximate surface area is 163 Å². The average molecular weight is 379 g/mol. The largest absolute Gasteiger partial charge is 0.393 e. The minimum Gasteiger partial charge on any atom is -0.393 e. The van der Waals surface area contributed by atoms with Gasteiger partial charge in [-0.05, 0) is 38.5 Å². The molecule has 0 aromatic carbocycles. The van der Waals surface area contributed by atoms with Crippen molar-refractivity contribution in [2.45, 2.75) is 63.6 Å². The van der Waals surface area contributed by atoms with Gasteiger partial charge < -0.3 is 16.2 Å². The molecule has 3 aromatic heterocycles. The number of rotatable bonds is 5. The van der Waals surface area contributed by atoms with Gasteiger partial charge in [-0.25, -0.2) is 15.0 Å². The summed E-state index contributed by atoms with van der Waals surface area (Å²) in [5.41, 5.74) is 10.2. The number of nitrogen functional groups attached to an aromatic ring is 1. The first kappa shape index (κ1) is 17.4. The van der Waals surface area contributed by atoms with Crippen LogP contribution in [0.5, 0.6) is 0 Å². The Kier molecular flexibility index (Phi) is 4.16. The summed E-state index contributed by atoms with van der Waals surface area (Å²) in [4.78, 5) is 14.1. The van der Waals surface area contributed by atoms with E-state index < -0.39 is 0 Å². The lowest BCUT2D eigenvalue weighted by molar-refractivity contribution is 0.182. The molecule has 0 bridgehead atoms. The molecule has 0 radical (unpaired) electrons. The maximum absolute atomic E-state index is 9.85. The summed E-state index contributed by atoms with van der Waals surface area (Å²) in [7, 11) is 0. The van der Waals surface area contributed by atoms with E-state index in [9.17, 15) is 5.11 Å². The van der Waals surface area contributed by atoms with Crippen LogP contribution in [0, 0.1) is 0 Å². The lowest BCUT2D eigenvalue weighted by Gasteiger charge is -2.17. The van der Waals surface area contributed by atoms with E-state index in [2.05, 4.69) is 28.5 Å². The molecule has 2 fully saturated rings. The second-order valence-electron chi connectivity index (χ2n) is 7.88. The molecule has 8 heteroatoms. The van der Waals surface area contributed by atoms with Crippen molar-refractivity contribution in [2.75, 3.05) is 11.1 Å². The van der Waals surface area contributed by atoms with E-state index >= 15 is 0 Å². The van der Waals surface area contributed by atoms with Gasteiger partial charge >= 0.3 is 0 Å². The summed E-state index contributed by atoms with van der Waals surface area (Å²) in [6.45, 7) is 2.05. The number of aliphatic hydroxyl groups excluding tert-OH is 1. The Morgan fingerprint density at radius 2 is 2.04 bits per heavy atom. The number of nitrogens with zero attached hydrogens (tertiary/aromatic N) is 5. The third kappa shape index (κ3) is 3.07. The zero-order valence-corrected chi connectivity index (χ0v) is 16.0. The zero-order chi connectivity index (χ0) is 19.3. The molecule has 2 atom stereocenters. The fourth-order valence-corrected chi connectivity index (χ4v) is 3.96. The van der Waals surface area contributed by atoms with Crippen molar-refractivity contribution < 1.29 is 5.11 Å². The van der Waals surface area contributed by atoms with Crippen molar-refractivity contribution in [3.05, 3.63) is 24.3 Å². The van der Waals surface area contributed by atoms with Crippen LogP contribution >= 0.6 is 0 Å². The molecule has 3 aromatic rings. The Hall–Kier alpha value is -2.74. The third-order valence-corrected chi connectivity index (χ3v) is 5.71. The van der Waals surface area contributed by atoms with Crippen molar-refractivity contribution in [1.82, 2.24) is 24.7 Å². The number of hydrogen-bond donors (Lipinski definition) is 3. The van der Waals surface area contributed by atoms with E-state index in [4.69, 9.17) is 15.7 Å². The zero-order valence-electron chi connectivity index (χ0n) is 16.0. The van der Waals surface area contributed by atoms with Gasteiger partial charge in [-0.15, -0.1) is 0 Å². The number of fused-ring (bicyclic) bond motifs is 1. The van der Waals surface area contributed by atoms with Crippen LogP contribution in [0.4, 0.5) is 11.6 Å². The van der Waals surface area contributed by atoms with Crippen molar-refractivity contribution in [3.63, 3.8) is 0 Å². The molecular formula is C20H25N7O. The first-order chi connectivity index (χ1) is 13.6. The standard InChI is InChI=1S/C20H25N7O/c1-2-16-20(24-12-3-6-14(28)7-12)26-17-15(9-22-19(21)18(17)25-16)11-8-23-27(10-11)13-4-5-13/h8-10,12-14,28H,2-7H2,1H3,(H2,21,22)(H,24,26)/t12-,14+/m1/s1. The van der Waals surface area contributed by atoms with Crippen LogP contribution in [0.2, 0.25) is 0 Å². The number of anilines is 2. The molecule has 8 nitrogen and oxygen atoms in total. The van der Waals surface area contributed by atoms with E-state index in [1.165, 1.54) is 12.8 Å². The molecule has 4 N–H and O–H groups in total. The molecule has 28 heavy (non-hydrogen) atoms. The monoisotopic (exact) mass is 379 g/mol. The number of aryl methyl sites for hydroxylation is 1. The smallest absolute Gasteiger partial charge is 0.151 e. The van der Waals surface area contributed by atoms with Gasteiger partial charge in [0.15, 0.2) is 5.82 Å². The van der Waals surface area contributed by atoms with Crippen LogP contribution < -0.4 is 11.1 Å². The van der Waals surface area contributed by atoms with Gasteiger partial charge in [-0.3, -0.25) is 4.68 Å². The van der Waals surface area contributed by atoms with E-state index in [-0.39, 0.29) is 12.1 Å².